The van der Waals surface area contributed by atoms with Crippen LogP contribution in [0.15, 0.2) is 0 Å². The number of nitriles is 1. The van der Waals surface area contributed by atoms with E-state index in [4.69, 9.17) is 5.26 Å². The summed E-state index contributed by atoms with van der Waals surface area (Å²) < 4.78 is 0. The van der Waals surface area contributed by atoms with E-state index in [1.165, 1.54) is 32.1 Å². The summed E-state index contributed by atoms with van der Waals surface area (Å²) >= 11 is 0. The van der Waals surface area contributed by atoms with E-state index in [2.05, 4.69) is 12.2 Å². The molecule has 0 spiro atoms. The third-order valence-electron chi connectivity index (χ3n) is 3.74. The first-order valence-electron chi connectivity index (χ1n) is 6.87. The fraction of sp³-hybridized carbons (Fsp3) is 0.857. The van der Waals surface area contributed by atoms with E-state index in [0.717, 1.165) is 18.8 Å². The highest BCUT2D eigenvalue weighted by molar-refractivity contribution is 5.79. The molecule has 0 aromatic heterocycles. The molecule has 3 nitrogen and oxygen atoms in total. The van der Waals surface area contributed by atoms with Gasteiger partial charge in [0.25, 0.3) is 0 Å². The molecule has 1 unspecified atom stereocenters. The normalized spacial score (nSPS) is 25.9. The minimum atomic E-state index is -0.361. The summed E-state index contributed by atoms with van der Waals surface area (Å²) in [5, 5.41) is 11.4. The SMILES string of the molecule is CCCCC1CCC(C(=O)NC(C)C#N)CC1. The Bertz CT molecular complexity index is 274. The number of unbranched alkanes of at least 4 members (excludes halogenated alkanes) is 1. The maximum Gasteiger partial charge on any atom is 0.224 e. The van der Waals surface area contributed by atoms with Crippen LogP contribution < -0.4 is 5.32 Å². The predicted molar refractivity (Wildman–Crippen MR) is 68.2 cm³/mol. The Morgan fingerprint density at radius 2 is 2.06 bits per heavy atom. The summed E-state index contributed by atoms with van der Waals surface area (Å²) in [6, 6.07) is 1.68. The van der Waals surface area contributed by atoms with E-state index in [-0.39, 0.29) is 17.9 Å². The first kappa shape index (κ1) is 14.0. The maximum atomic E-state index is 11.8. The lowest BCUT2D eigenvalue weighted by Crippen LogP contribution is -2.37. The lowest BCUT2D eigenvalue weighted by atomic mass is 9.79. The number of rotatable bonds is 5. The number of carbonyl (C=O) groups excluding carboxylic acids is 1. The standard InChI is InChI=1S/C14H24N2O/c1-3-4-5-12-6-8-13(9-7-12)14(17)16-11(2)10-15/h11-13H,3-9H2,1-2H3,(H,16,17). The van der Waals surface area contributed by atoms with Crippen molar-refractivity contribution in [2.75, 3.05) is 0 Å². The van der Waals surface area contributed by atoms with Gasteiger partial charge < -0.3 is 5.32 Å². The second kappa shape index (κ2) is 7.32. The molecule has 0 radical (unpaired) electrons. The molecule has 0 aromatic carbocycles. The lowest BCUT2D eigenvalue weighted by Gasteiger charge is -2.28. The van der Waals surface area contributed by atoms with Crippen molar-refractivity contribution in [2.45, 2.75) is 64.8 Å². The van der Waals surface area contributed by atoms with Crippen LogP contribution >= 0.6 is 0 Å². The van der Waals surface area contributed by atoms with Crippen molar-refractivity contribution in [3.63, 3.8) is 0 Å². The van der Waals surface area contributed by atoms with Gasteiger partial charge in [-0.25, -0.2) is 0 Å². The van der Waals surface area contributed by atoms with Gasteiger partial charge in [-0.05, 0) is 38.5 Å². The van der Waals surface area contributed by atoms with Gasteiger partial charge in [-0.3, -0.25) is 4.79 Å². The zero-order valence-corrected chi connectivity index (χ0v) is 11.0. The fourth-order valence-corrected chi connectivity index (χ4v) is 2.57. The van der Waals surface area contributed by atoms with E-state index in [0.29, 0.717) is 0 Å². The van der Waals surface area contributed by atoms with Crippen molar-refractivity contribution in [3.8, 4) is 6.07 Å². The topological polar surface area (TPSA) is 52.9 Å². The highest BCUT2D eigenvalue weighted by Gasteiger charge is 2.26. The number of nitrogens with zero attached hydrogens (tertiary/aromatic N) is 1. The van der Waals surface area contributed by atoms with Gasteiger partial charge in [0.05, 0.1) is 6.07 Å². The van der Waals surface area contributed by atoms with Crippen molar-refractivity contribution in [1.82, 2.24) is 5.32 Å². The lowest BCUT2D eigenvalue weighted by molar-refractivity contribution is -0.126. The van der Waals surface area contributed by atoms with Crippen LogP contribution in [0.4, 0.5) is 0 Å². The Balaban J connectivity index is 2.27. The third kappa shape index (κ3) is 4.77. The summed E-state index contributed by atoms with van der Waals surface area (Å²) in [7, 11) is 0. The van der Waals surface area contributed by atoms with Crippen LogP contribution in [-0.4, -0.2) is 11.9 Å². The summed E-state index contributed by atoms with van der Waals surface area (Å²) in [6.45, 7) is 3.95. The molecule has 3 heteroatoms. The smallest absolute Gasteiger partial charge is 0.224 e. The molecule has 1 rings (SSSR count). The average Bonchev–Trinajstić information content (AvgIpc) is 2.36. The minimum Gasteiger partial charge on any atom is -0.340 e. The summed E-state index contributed by atoms with van der Waals surface area (Å²) in [6.07, 6.45) is 8.25. The minimum absolute atomic E-state index is 0.0768. The van der Waals surface area contributed by atoms with Crippen molar-refractivity contribution >= 4 is 5.91 Å². The zero-order valence-electron chi connectivity index (χ0n) is 11.0. The Labute approximate surface area is 105 Å². The number of hydrogen-bond acceptors (Lipinski definition) is 2. The third-order valence-corrected chi connectivity index (χ3v) is 3.74. The van der Waals surface area contributed by atoms with Crippen LogP contribution in [0.25, 0.3) is 0 Å². The molecule has 1 fully saturated rings. The quantitative estimate of drug-likeness (QED) is 0.797. The van der Waals surface area contributed by atoms with Crippen LogP contribution in [0.1, 0.15) is 58.8 Å². The van der Waals surface area contributed by atoms with Gasteiger partial charge in [0.15, 0.2) is 0 Å². The summed E-state index contributed by atoms with van der Waals surface area (Å²) in [4.78, 5) is 11.8. The van der Waals surface area contributed by atoms with E-state index < -0.39 is 0 Å². The highest BCUT2D eigenvalue weighted by Crippen LogP contribution is 2.31. The Morgan fingerprint density at radius 1 is 1.41 bits per heavy atom. The van der Waals surface area contributed by atoms with Gasteiger partial charge in [-0.1, -0.05) is 26.2 Å². The van der Waals surface area contributed by atoms with E-state index in [1.54, 1.807) is 6.92 Å². The van der Waals surface area contributed by atoms with E-state index >= 15 is 0 Å². The van der Waals surface area contributed by atoms with Crippen LogP contribution in [0.2, 0.25) is 0 Å². The van der Waals surface area contributed by atoms with Crippen molar-refractivity contribution in [1.29, 1.82) is 5.26 Å². The molecular formula is C14H24N2O. The van der Waals surface area contributed by atoms with Crippen molar-refractivity contribution in [2.24, 2.45) is 11.8 Å². The highest BCUT2D eigenvalue weighted by atomic mass is 16.1. The molecule has 1 amide bonds. The maximum absolute atomic E-state index is 11.8. The number of carbonyl (C=O) groups is 1. The van der Waals surface area contributed by atoms with Gasteiger partial charge in [0.1, 0.15) is 6.04 Å². The Kier molecular flexibility index (Phi) is 6.04. The molecule has 1 aliphatic carbocycles. The second-order valence-electron chi connectivity index (χ2n) is 5.22. The molecule has 17 heavy (non-hydrogen) atoms. The molecule has 0 aromatic rings. The molecule has 0 saturated heterocycles. The van der Waals surface area contributed by atoms with Crippen LogP contribution in [-0.2, 0) is 4.79 Å². The predicted octanol–water partition coefficient (Wildman–Crippen LogP) is 3.01. The molecule has 96 valence electrons. The van der Waals surface area contributed by atoms with Gasteiger partial charge in [-0.2, -0.15) is 5.26 Å². The van der Waals surface area contributed by atoms with Gasteiger partial charge in [-0.15, -0.1) is 0 Å². The average molecular weight is 236 g/mol. The first-order valence-corrected chi connectivity index (χ1v) is 6.87. The number of nitrogens with one attached hydrogen (secondary N) is 1. The van der Waals surface area contributed by atoms with Gasteiger partial charge in [0.2, 0.25) is 5.91 Å². The molecule has 0 aliphatic heterocycles. The Morgan fingerprint density at radius 3 is 2.59 bits per heavy atom. The Hall–Kier alpha value is -1.04. The van der Waals surface area contributed by atoms with E-state index in [1.807, 2.05) is 6.07 Å². The van der Waals surface area contributed by atoms with Crippen LogP contribution in [0.3, 0.4) is 0 Å². The van der Waals surface area contributed by atoms with Gasteiger partial charge in [0, 0.05) is 5.92 Å². The molecule has 0 bridgehead atoms. The molecule has 1 atom stereocenters. The van der Waals surface area contributed by atoms with Crippen molar-refractivity contribution in [3.05, 3.63) is 0 Å². The fourth-order valence-electron chi connectivity index (χ4n) is 2.57. The zero-order chi connectivity index (χ0) is 12.7. The summed E-state index contributed by atoms with van der Waals surface area (Å²) in [5.74, 6) is 1.05. The molecular weight excluding hydrogens is 212 g/mol. The molecule has 1 saturated carbocycles. The van der Waals surface area contributed by atoms with Crippen LogP contribution in [0.5, 0.6) is 0 Å². The monoisotopic (exact) mass is 236 g/mol. The molecule has 1 aliphatic rings. The summed E-state index contributed by atoms with van der Waals surface area (Å²) in [5.41, 5.74) is 0. The van der Waals surface area contributed by atoms with Crippen molar-refractivity contribution < 1.29 is 4.79 Å². The van der Waals surface area contributed by atoms with Gasteiger partial charge >= 0.3 is 0 Å². The van der Waals surface area contributed by atoms with Crippen LogP contribution in [0, 0.1) is 23.2 Å². The molecule has 1 N–H and O–H groups in total. The second-order valence-corrected chi connectivity index (χ2v) is 5.22. The first-order chi connectivity index (χ1) is 8.17. The van der Waals surface area contributed by atoms with E-state index in [9.17, 15) is 4.79 Å². The number of hydrogen-bond donors (Lipinski definition) is 1. The molecule has 0 heterocycles. The number of amides is 1. The largest absolute Gasteiger partial charge is 0.340 e.